The Bertz CT molecular complexity index is 421. The standard InChI is InChI=1S/C14H20N2O/c1-5-10(2)16(4)14-8-12(9-15)6-7-13(14)11(3)17/h6-8,10-11,17H,5H2,1-4H3/t10?,11-/m1/s1. The lowest BCUT2D eigenvalue weighted by Crippen LogP contribution is -2.29. The molecule has 1 aromatic rings. The Morgan fingerprint density at radius 1 is 1.41 bits per heavy atom. The minimum absolute atomic E-state index is 0.376. The van der Waals surface area contributed by atoms with E-state index in [9.17, 15) is 5.11 Å². The summed E-state index contributed by atoms with van der Waals surface area (Å²) in [7, 11) is 2.00. The zero-order valence-corrected chi connectivity index (χ0v) is 10.9. The van der Waals surface area contributed by atoms with Crippen molar-refractivity contribution in [3.63, 3.8) is 0 Å². The summed E-state index contributed by atoms with van der Waals surface area (Å²) in [4.78, 5) is 2.11. The molecule has 0 aliphatic heterocycles. The van der Waals surface area contributed by atoms with Crippen LogP contribution < -0.4 is 4.90 Å². The fourth-order valence-electron chi connectivity index (χ4n) is 1.78. The van der Waals surface area contributed by atoms with Crippen molar-refractivity contribution in [3.8, 4) is 6.07 Å². The maximum absolute atomic E-state index is 9.76. The Morgan fingerprint density at radius 3 is 2.53 bits per heavy atom. The molecule has 1 aromatic carbocycles. The average Bonchev–Trinajstić information content (AvgIpc) is 2.35. The zero-order valence-electron chi connectivity index (χ0n) is 10.9. The first-order chi connectivity index (χ1) is 8.01. The van der Waals surface area contributed by atoms with E-state index in [1.807, 2.05) is 19.2 Å². The molecule has 0 bridgehead atoms. The van der Waals surface area contributed by atoms with E-state index in [0.717, 1.165) is 17.7 Å². The van der Waals surface area contributed by atoms with Crippen molar-refractivity contribution in [1.82, 2.24) is 0 Å². The molecule has 0 aliphatic rings. The predicted molar refractivity (Wildman–Crippen MR) is 69.9 cm³/mol. The van der Waals surface area contributed by atoms with E-state index in [1.54, 1.807) is 13.0 Å². The van der Waals surface area contributed by atoms with Gasteiger partial charge in [-0.25, -0.2) is 0 Å². The minimum Gasteiger partial charge on any atom is -0.389 e. The van der Waals surface area contributed by atoms with Gasteiger partial charge in [-0.15, -0.1) is 0 Å². The second-order valence-electron chi connectivity index (χ2n) is 4.43. The van der Waals surface area contributed by atoms with Gasteiger partial charge >= 0.3 is 0 Å². The molecule has 1 unspecified atom stereocenters. The average molecular weight is 232 g/mol. The summed E-state index contributed by atoms with van der Waals surface area (Å²) in [5, 5.41) is 18.7. The molecule has 2 atom stereocenters. The van der Waals surface area contributed by atoms with Gasteiger partial charge in [0.15, 0.2) is 0 Å². The number of aliphatic hydroxyl groups excluding tert-OH is 1. The van der Waals surface area contributed by atoms with E-state index in [2.05, 4.69) is 24.8 Å². The largest absolute Gasteiger partial charge is 0.389 e. The number of nitrogens with zero attached hydrogens (tertiary/aromatic N) is 2. The molecule has 92 valence electrons. The van der Waals surface area contributed by atoms with Gasteiger partial charge in [-0.3, -0.25) is 0 Å². The van der Waals surface area contributed by atoms with Crippen molar-refractivity contribution >= 4 is 5.69 Å². The Kier molecular flexibility index (Phi) is 4.53. The van der Waals surface area contributed by atoms with Crippen LogP contribution in [0.3, 0.4) is 0 Å². The number of hydrogen-bond donors (Lipinski definition) is 1. The van der Waals surface area contributed by atoms with Gasteiger partial charge in [0.05, 0.1) is 17.7 Å². The summed E-state index contributed by atoms with van der Waals surface area (Å²) in [5.74, 6) is 0. The molecule has 0 heterocycles. The van der Waals surface area contributed by atoms with Crippen LogP contribution in [0.2, 0.25) is 0 Å². The summed E-state index contributed by atoms with van der Waals surface area (Å²) in [6.45, 7) is 6.00. The molecule has 0 saturated carbocycles. The summed E-state index contributed by atoms with van der Waals surface area (Å²) in [5.41, 5.74) is 2.43. The van der Waals surface area contributed by atoms with Gasteiger partial charge in [-0.05, 0) is 32.4 Å². The van der Waals surface area contributed by atoms with Crippen molar-refractivity contribution in [3.05, 3.63) is 29.3 Å². The highest BCUT2D eigenvalue weighted by molar-refractivity contribution is 5.58. The molecular weight excluding hydrogens is 212 g/mol. The molecule has 0 radical (unpaired) electrons. The van der Waals surface area contributed by atoms with Crippen molar-refractivity contribution in [2.45, 2.75) is 39.3 Å². The fraction of sp³-hybridized carbons (Fsp3) is 0.500. The minimum atomic E-state index is -0.524. The van der Waals surface area contributed by atoms with Gasteiger partial charge in [0, 0.05) is 24.3 Å². The van der Waals surface area contributed by atoms with E-state index in [1.165, 1.54) is 0 Å². The number of hydrogen-bond acceptors (Lipinski definition) is 3. The molecule has 0 aliphatic carbocycles. The fourth-order valence-corrected chi connectivity index (χ4v) is 1.78. The van der Waals surface area contributed by atoms with Crippen LogP contribution in [0, 0.1) is 11.3 Å². The van der Waals surface area contributed by atoms with Gasteiger partial charge in [-0.2, -0.15) is 5.26 Å². The van der Waals surface area contributed by atoms with Crippen LogP contribution in [0.1, 0.15) is 44.4 Å². The van der Waals surface area contributed by atoms with Crippen molar-refractivity contribution in [1.29, 1.82) is 5.26 Å². The van der Waals surface area contributed by atoms with E-state index in [-0.39, 0.29) is 0 Å². The van der Waals surface area contributed by atoms with Crippen LogP contribution in [0.15, 0.2) is 18.2 Å². The summed E-state index contributed by atoms with van der Waals surface area (Å²) < 4.78 is 0. The monoisotopic (exact) mass is 232 g/mol. The predicted octanol–water partition coefficient (Wildman–Crippen LogP) is 2.85. The number of benzene rings is 1. The first kappa shape index (κ1) is 13.5. The van der Waals surface area contributed by atoms with Crippen LogP contribution >= 0.6 is 0 Å². The number of rotatable bonds is 4. The number of anilines is 1. The summed E-state index contributed by atoms with van der Waals surface area (Å²) >= 11 is 0. The van der Waals surface area contributed by atoms with Crippen molar-refractivity contribution in [2.24, 2.45) is 0 Å². The molecular formula is C14H20N2O. The lowest BCUT2D eigenvalue weighted by Gasteiger charge is -2.29. The molecule has 1 N–H and O–H groups in total. The van der Waals surface area contributed by atoms with Crippen LogP contribution in [0.25, 0.3) is 0 Å². The summed E-state index contributed by atoms with van der Waals surface area (Å²) in [6.07, 6.45) is 0.497. The summed E-state index contributed by atoms with van der Waals surface area (Å²) in [6, 6.07) is 7.93. The smallest absolute Gasteiger partial charge is 0.0992 e. The van der Waals surface area contributed by atoms with E-state index < -0.39 is 6.10 Å². The molecule has 0 saturated heterocycles. The van der Waals surface area contributed by atoms with Crippen molar-refractivity contribution < 1.29 is 5.11 Å². The van der Waals surface area contributed by atoms with Crippen LogP contribution in [-0.2, 0) is 0 Å². The van der Waals surface area contributed by atoms with Gasteiger partial charge in [0.1, 0.15) is 0 Å². The van der Waals surface area contributed by atoms with Gasteiger partial charge in [0.25, 0.3) is 0 Å². The second-order valence-corrected chi connectivity index (χ2v) is 4.43. The first-order valence-corrected chi connectivity index (χ1v) is 5.96. The second kappa shape index (κ2) is 5.70. The maximum Gasteiger partial charge on any atom is 0.0992 e. The zero-order chi connectivity index (χ0) is 13.0. The van der Waals surface area contributed by atoms with Crippen LogP contribution in [0.4, 0.5) is 5.69 Å². The molecule has 0 aromatic heterocycles. The molecule has 0 spiro atoms. The highest BCUT2D eigenvalue weighted by atomic mass is 16.3. The van der Waals surface area contributed by atoms with Gasteiger partial charge < -0.3 is 10.0 Å². The van der Waals surface area contributed by atoms with E-state index >= 15 is 0 Å². The SMILES string of the molecule is CCC(C)N(C)c1cc(C#N)ccc1[C@@H](C)O. The first-order valence-electron chi connectivity index (χ1n) is 5.96. The van der Waals surface area contributed by atoms with Gasteiger partial charge in [-0.1, -0.05) is 13.0 Å². The maximum atomic E-state index is 9.76. The lowest BCUT2D eigenvalue weighted by molar-refractivity contribution is 0.199. The van der Waals surface area contributed by atoms with E-state index in [4.69, 9.17) is 5.26 Å². The molecule has 1 rings (SSSR count). The van der Waals surface area contributed by atoms with E-state index in [0.29, 0.717) is 11.6 Å². The Morgan fingerprint density at radius 2 is 2.06 bits per heavy atom. The van der Waals surface area contributed by atoms with Crippen LogP contribution in [-0.4, -0.2) is 18.2 Å². The lowest BCUT2D eigenvalue weighted by atomic mass is 10.0. The molecule has 3 nitrogen and oxygen atoms in total. The Balaban J connectivity index is 3.22. The molecule has 0 amide bonds. The highest BCUT2D eigenvalue weighted by Gasteiger charge is 2.15. The van der Waals surface area contributed by atoms with Crippen molar-refractivity contribution in [2.75, 3.05) is 11.9 Å². The highest BCUT2D eigenvalue weighted by Crippen LogP contribution is 2.28. The molecule has 17 heavy (non-hydrogen) atoms. The van der Waals surface area contributed by atoms with Gasteiger partial charge in [0.2, 0.25) is 0 Å². The van der Waals surface area contributed by atoms with Crippen LogP contribution in [0.5, 0.6) is 0 Å². The Labute approximate surface area is 103 Å². The quantitative estimate of drug-likeness (QED) is 0.868. The topological polar surface area (TPSA) is 47.3 Å². The molecule has 0 fully saturated rings. The molecule has 3 heteroatoms. The Hall–Kier alpha value is -1.53. The normalized spacial score (nSPS) is 13.9. The third-order valence-corrected chi connectivity index (χ3v) is 3.24. The number of aliphatic hydroxyl groups is 1. The number of nitriles is 1. The third kappa shape index (κ3) is 2.98. The third-order valence-electron chi connectivity index (χ3n) is 3.24.